The highest BCUT2D eigenvalue weighted by atomic mass is 16.2. The molecular weight excluding hydrogens is 260 g/mol. The van der Waals surface area contributed by atoms with Crippen LogP contribution in [-0.2, 0) is 11.2 Å². The molecule has 0 saturated carbocycles. The summed E-state index contributed by atoms with van der Waals surface area (Å²) in [5.74, 6) is 1.50. The number of amides is 1. The first kappa shape index (κ1) is 16.0. The van der Waals surface area contributed by atoms with Crippen LogP contribution in [0.2, 0.25) is 0 Å². The first-order valence-electron chi connectivity index (χ1n) is 8.11. The number of aryl methyl sites for hydroxylation is 1. The van der Waals surface area contributed by atoms with Crippen LogP contribution in [0, 0.1) is 5.92 Å². The third kappa shape index (κ3) is 4.57. The molecule has 116 valence electrons. The molecule has 3 nitrogen and oxygen atoms in total. The van der Waals surface area contributed by atoms with Gasteiger partial charge in [0.25, 0.3) is 0 Å². The molecule has 1 heterocycles. The lowest BCUT2D eigenvalue weighted by molar-refractivity contribution is -0.130. The van der Waals surface area contributed by atoms with E-state index in [-0.39, 0.29) is 0 Å². The standard InChI is InChI=1S/C18H28N2O/c1-14(2)17-7-4-15(5-8-17)6-9-18(21)20-11-10-16(13-20)12-19-3/h4-5,7-8,14,16,19H,6,9-13H2,1-3H3. The maximum absolute atomic E-state index is 12.2. The van der Waals surface area contributed by atoms with Crippen molar-refractivity contribution in [2.24, 2.45) is 5.92 Å². The maximum Gasteiger partial charge on any atom is 0.222 e. The van der Waals surface area contributed by atoms with Crippen LogP contribution in [0.3, 0.4) is 0 Å². The second-order valence-corrected chi connectivity index (χ2v) is 6.45. The van der Waals surface area contributed by atoms with Crippen molar-refractivity contribution in [3.05, 3.63) is 35.4 Å². The minimum Gasteiger partial charge on any atom is -0.342 e. The molecule has 1 aromatic rings. The molecule has 2 rings (SSSR count). The summed E-state index contributed by atoms with van der Waals surface area (Å²) in [6.07, 6.45) is 2.62. The van der Waals surface area contributed by atoms with Crippen molar-refractivity contribution >= 4 is 5.91 Å². The topological polar surface area (TPSA) is 32.3 Å². The van der Waals surface area contributed by atoms with Crippen LogP contribution in [-0.4, -0.2) is 37.5 Å². The molecule has 1 unspecified atom stereocenters. The smallest absolute Gasteiger partial charge is 0.222 e. The van der Waals surface area contributed by atoms with Crippen LogP contribution in [0.25, 0.3) is 0 Å². The summed E-state index contributed by atoms with van der Waals surface area (Å²) >= 11 is 0. The molecular formula is C18H28N2O. The average Bonchev–Trinajstić information content (AvgIpc) is 2.94. The molecule has 1 aliphatic rings. The van der Waals surface area contributed by atoms with E-state index in [4.69, 9.17) is 0 Å². The van der Waals surface area contributed by atoms with Crippen molar-refractivity contribution in [1.29, 1.82) is 0 Å². The quantitative estimate of drug-likeness (QED) is 0.873. The van der Waals surface area contributed by atoms with Gasteiger partial charge in [-0.3, -0.25) is 4.79 Å². The number of nitrogens with one attached hydrogen (secondary N) is 1. The zero-order chi connectivity index (χ0) is 15.2. The predicted octanol–water partition coefficient (Wildman–Crippen LogP) is 2.81. The summed E-state index contributed by atoms with van der Waals surface area (Å²) in [5.41, 5.74) is 2.62. The van der Waals surface area contributed by atoms with Gasteiger partial charge in [-0.2, -0.15) is 0 Å². The summed E-state index contributed by atoms with van der Waals surface area (Å²) < 4.78 is 0. The van der Waals surface area contributed by atoms with Crippen LogP contribution >= 0.6 is 0 Å². The molecule has 0 aromatic heterocycles. The highest BCUT2D eigenvalue weighted by Gasteiger charge is 2.25. The van der Waals surface area contributed by atoms with E-state index in [1.54, 1.807) is 0 Å². The van der Waals surface area contributed by atoms with Gasteiger partial charge in [0, 0.05) is 19.5 Å². The van der Waals surface area contributed by atoms with E-state index < -0.39 is 0 Å². The van der Waals surface area contributed by atoms with Crippen molar-refractivity contribution in [3.8, 4) is 0 Å². The van der Waals surface area contributed by atoms with Crippen LogP contribution < -0.4 is 5.32 Å². The minimum atomic E-state index is 0.307. The summed E-state index contributed by atoms with van der Waals surface area (Å²) in [5, 5.41) is 3.20. The van der Waals surface area contributed by atoms with Gasteiger partial charge in [-0.05, 0) is 49.4 Å². The van der Waals surface area contributed by atoms with Gasteiger partial charge in [0.2, 0.25) is 5.91 Å². The Labute approximate surface area is 128 Å². The maximum atomic E-state index is 12.2. The first-order valence-corrected chi connectivity index (χ1v) is 8.11. The Morgan fingerprint density at radius 1 is 1.33 bits per heavy atom. The van der Waals surface area contributed by atoms with Gasteiger partial charge in [-0.25, -0.2) is 0 Å². The fourth-order valence-electron chi connectivity index (χ4n) is 2.99. The van der Waals surface area contributed by atoms with Gasteiger partial charge >= 0.3 is 0 Å². The molecule has 1 fully saturated rings. The van der Waals surface area contributed by atoms with Crippen LogP contribution in [0.1, 0.15) is 43.7 Å². The van der Waals surface area contributed by atoms with Gasteiger partial charge < -0.3 is 10.2 Å². The van der Waals surface area contributed by atoms with Crippen LogP contribution in [0.4, 0.5) is 0 Å². The van der Waals surface area contributed by atoms with Crippen molar-refractivity contribution in [1.82, 2.24) is 10.2 Å². The number of carbonyl (C=O) groups excluding carboxylic acids is 1. The minimum absolute atomic E-state index is 0.307. The third-order valence-corrected chi connectivity index (χ3v) is 4.41. The Balaban J connectivity index is 1.79. The monoisotopic (exact) mass is 288 g/mol. The molecule has 1 atom stereocenters. The molecule has 1 amide bonds. The summed E-state index contributed by atoms with van der Waals surface area (Å²) in [7, 11) is 1.98. The first-order chi connectivity index (χ1) is 10.1. The largest absolute Gasteiger partial charge is 0.342 e. The van der Waals surface area contributed by atoms with E-state index in [0.29, 0.717) is 24.2 Å². The van der Waals surface area contributed by atoms with Crippen LogP contribution in [0.5, 0.6) is 0 Å². The van der Waals surface area contributed by atoms with Crippen molar-refractivity contribution < 1.29 is 4.79 Å². The van der Waals surface area contributed by atoms with Gasteiger partial charge in [-0.15, -0.1) is 0 Å². The Kier molecular flexibility index (Phi) is 5.80. The summed E-state index contributed by atoms with van der Waals surface area (Å²) in [6.45, 7) is 7.27. The molecule has 1 aromatic carbocycles. The number of hydrogen-bond acceptors (Lipinski definition) is 2. The second kappa shape index (κ2) is 7.60. The lowest BCUT2D eigenvalue weighted by atomic mass is 10.0. The highest BCUT2D eigenvalue weighted by molar-refractivity contribution is 5.76. The average molecular weight is 288 g/mol. The third-order valence-electron chi connectivity index (χ3n) is 4.41. The second-order valence-electron chi connectivity index (χ2n) is 6.45. The number of rotatable bonds is 6. The molecule has 21 heavy (non-hydrogen) atoms. The lowest BCUT2D eigenvalue weighted by Crippen LogP contribution is -2.30. The molecule has 0 bridgehead atoms. The van der Waals surface area contributed by atoms with Crippen molar-refractivity contribution in [2.75, 3.05) is 26.7 Å². The molecule has 0 aliphatic carbocycles. The normalized spacial score (nSPS) is 18.5. The Morgan fingerprint density at radius 3 is 2.67 bits per heavy atom. The van der Waals surface area contributed by atoms with Crippen molar-refractivity contribution in [3.63, 3.8) is 0 Å². The van der Waals surface area contributed by atoms with Crippen molar-refractivity contribution in [2.45, 2.75) is 39.0 Å². The molecule has 0 radical (unpaired) electrons. The number of hydrogen-bond donors (Lipinski definition) is 1. The van der Waals surface area contributed by atoms with E-state index in [1.165, 1.54) is 11.1 Å². The lowest BCUT2D eigenvalue weighted by Gasteiger charge is -2.16. The van der Waals surface area contributed by atoms with Crippen LogP contribution in [0.15, 0.2) is 24.3 Å². The number of likely N-dealkylation sites (tertiary alicyclic amines) is 1. The van der Waals surface area contributed by atoms with Gasteiger partial charge in [0.15, 0.2) is 0 Å². The zero-order valence-electron chi connectivity index (χ0n) is 13.6. The predicted molar refractivity (Wildman–Crippen MR) is 87.5 cm³/mol. The summed E-state index contributed by atoms with van der Waals surface area (Å²) in [6, 6.07) is 8.69. The summed E-state index contributed by atoms with van der Waals surface area (Å²) in [4.78, 5) is 14.3. The van der Waals surface area contributed by atoms with Gasteiger partial charge in [-0.1, -0.05) is 38.1 Å². The number of carbonyl (C=O) groups is 1. The fraction of sp³-hybridized carbons (Fsp3) is 0.611. The molecule has 1 aliphatic heterocycles. The SMILES string of the molecule is CNCC1CCN(C(=O)CCc2ccc(C(C)C)cc2)C1. The van der Waals surface area contributed by atoms with E-state index in [2.05, 4.69) is 43.4 Å². The van der Waals surface area contributed by atoms with E-state index in [9.17, 15) is 4.79 Å². The Hall–Kier alpha value is -1.35. The zero-order valence-corrected chi connectivity index (χ0v) is 13.6. The van der Waals surface area contributed by atoms with E-state index in [1.807, 2.05) is 11.9 Å². The molecule has 1 N–H and O–H groups in total. The molecule has 0 spiro atoms. The Bertz CT molecular complexity index is 453. The number of nitrogens with zero attached hydrogens (tertiary/aromatic N) is 1. The fourth-order valence-corrected chi connectivity index (χ4v) is 2.99. The molecule has 1 saturated heterocycles. The van der Waals surface area contributed by atoms with E-state index in [0.717, 1.165) is 32.5 Å². The molecule has 3 heteroatoms. The van der Waals surface area contributed by atoms with E-state index >= 15 is 0 Å². The van der Waals surface area contributed by atoms with Gasteiger partial charge in [0.05, 0.1) is 0 Å². The highest BCUT2D eigenvalue weighted by Crippen LogP contribution is 2.18. The Morgan fingerprint density at radius 2 is 2.05 bits per heavy atom. The number of benzene rings is 1. The van der Waals surface area contributed by atoms with Gasteiger partial charge in [0.1, 0.15) is 0 Å².